The predicted octanol–water partition coefficient (Wildman–Crippen LogP) is 3.73. The number of nitrogens with zero attached hydrogens (tertiary/aromatic N) is 4. The summed E-state index contributed by atoms with van der Waals surface area (Å²) in [4.78, 5) is 4.50. The number of fused-ring (bicyclic) bond motifs is 1. The minimum atomic E-state index is 0.190. The second-order valence-electron chi connectivity index (χ2n) is 4.46. The lowest BCUT2D eigenvalue weighted by molar-refractivity contribution is 0.951. The van der Waals surface area contributed by atoms with Crippen LogP contribution >= 0.6 is 15.9 Å². The molecule has 0 bridgehead atoms. The number of aromatic nitrogens is 2. The highest BCUT2D eigenvalue weighted by molar-refractivity contribution is 9.10. The molecule has 0 radical (unpaired) electrons. The van der Waals surface area contributed by atoms with Gasteiger partial charge in [0.15, 0.2) is 0 Å². The number of hydrogen-bond donors (Lipinski definition) is 0. The minimum absolute atomic E-state index is 0.190. The Morgan fingerprint density at radius 2 is 1.95 bits per heavy atom. The van der Waals surface area contributed by atoms with Gasteiger partial charge < -0.3 is 0 Å². The third kappa shape index (κ3) is 2.29. The summed E-state index contributed by atoms with van der Waals surface area (Å²) in [6.45, 7) is 0. The molecule has 0 N–H and O–H groups in total. The highest BCUT2D eigenvalue weighted by Gasteiger charge is 2.14. The van der Waals surface area contributed by atoms with E-state index in [-0.39, 0.29) is 6.42 Å². The van der Waals surface area contributed by atoms with Crippen LogP contribution in [-0.2, 0) is 6.42 Å². The molecule has 3 rings (SSSR count). The highest BCUT2D eigenvalue weighted by Crippen LogP contribution is 2.26. The van der Waals surface area contributed by atoms with Crippen molar-refractivity contribution in [3.63, 3.8) is 0 Å². The van der Waals surface area contributed by atoms with E-state index in [1.807, 2.05) is 41.0 Å². The van der Waals surface area contributed by atoms with Crippen molar-refractivity contribution in [3.05, 3.63) is 58.3 Å². The molecule has 3 aromatic rings. The molecule has 0 aliphatic heterocycles. The smallest absolute Gasteiger partial charge is 0.128 e. The zero-order valence-corrected chi connectivity index (χ0v) is 12.5. The van der Waals surface area contributed by atoms with Crippen molar-refractivity contribution in [2.75, 3.05) is 0 Å². The lowest BCUT2D eigenvalue weighted by Gasteiger charge is -2.10. The molecule has 0 spiro atoms. The fraction of sp³-hybridized carbons (Fsp3) is 0.0625. The Kier molecular flexibility index (Phi) is 3.43. The molecule has 1 aromatic heterocycles. The quantitative estimate of drug-likeness (QED) is 0.716. The van der Waals surface area contributed by atoms with E-state index in [0.717, 1.165) is 21.2 Å². The number of hydrogen-bond acceptors (Lipinski definition) is 3. The fourth-order valence-electron chi connectivity index (χ4n) is 2.33. The molecule has 5 heteroatoms. The maximum atomic E-state index is 9.36. The largest absolute Gasteiger partial charge is 0.294 e. The molecule has 21 heavy (non-hydrogen) atoms. The van der Waals surface area contributed by atoms with E-state index in [1.54, 1.807) is 6.07 Å². The Bertz CT molecular complexity index is 912. The molecule has 0 atom stereocenters. The van der Waals surface area contributed by atoms with Crippen molar-refractivity contribution >= 4 is 27.0 Å². The van der Waals surface area contributed by atoms with E-state index in [0.29, 0.717) is 11.4 Å². The number of rotatable bonds is 2. The van der Waals surface area contributed by atoms with Crippen LogP contribution in [0.15, 0.2) is 46.9 Å². The Labute approximate surface area is 130 Å². The van der Waals surface area contributed by atoms with Crippen LogP contribution in [0.5, 0.6) is 0 Å². The summed E-state index contributed by atoms with van der Waals surface area (Å²) < 4.78 is 2.72. The molecular weight excluding hydrogens is 328 g/mol. The van der Waals surface area contributed by atoms with E-state index >= 15 is 0 Å². The minimum Gasteiger partial charge on any atom is -0.294 e. The van der Waals surface area contributed by atoms with Gasteiger partial charge in [0, 0.05) is 4.47 Å². The second kappa shape index (κ2) is 5.40. The van der Waals surface area contributed by atoms with Gasteiger partial charge in [0.2, 0.25) is 0 Å². The van der Waals surface area contributed by atoms with Crippen LogP contribution in [0.25, 0.3) is 16.7 Å². The van der Waals surface area contributed by atoms with Gasteiger partial charge in [0.25, 0.3) is 0 Å². The maximum Gasteiger partial charge on any atom is 0.128 e. The third-order valence-electron chi connectivity index (χ3n) is 3.19. The van der Waals surface area contributed by atoms with Gasteiger partial charge in [-0.15, -0.1) is 0 Å². The highest BCUT2D eigenvalue weighted by atomic mass is 79.9. The van der Waals surface area contributed by atoms with Crippen molar-refractivity contribution < 1.29 is 0 Å². The second-order valence-corrected chi connectivity index (χ2v) is 5.38. The van der Waals surface area contributed by atoms with Crippen LogP contribution in [0, 0.1) is 22.7 Å². The molecule has 0 saturated carbocycles. The van der Waals surface area contributed by atoms with Crippen molar-refractivity contribution in [2.45, 2.75) is 6.42 Å². The zero-order chi connectivity index (χ0) is 14.8. The first kappa shape index (κ1) is 13.4. The average molecular weight is 337 g/mol. The zero-order valence-electron chi connectivity index (χ0n) is 10.9. The topological polar surface area (TPSA) is 65.4 Å². The monoisotopic (exact) mass is 336 g/mol. The SMILES string of the molecule is N#CCc1nc2ccccc2n1-c1ccc(Br)cc1C#N. The number of para-hydroxylation sites is 2. The van der Waals surface area contributed by atoms with Crippen LogP contribution in [0.1, 0.15) is 11.4 Å². The summed E-state index contributed by atoms with van der Waals surface area (Å²) in [5.41, 5.74) is 2.97. The molecule has 100 valence electrons. The van der Waals surface area contributed by atoms with Gasteiger partial charge in [0.05, 0.1) is 34.8 Å². The first-order valence-electron chi connectivity index (χ1n) is 6.28. The lowest BCUT2D eigenvalue weighted by atomic mass is 10.2. The van der Waals surface area contributed by atoms with E-state index < -0.39 is 0 Å². The number of imidazole rings is 1. The summed E-state index contributed by atoms with van der Waals surface area (Å²) in [5.74, 6) is 0.637. The number of halogens is 1. The van der Waals surface area contributed by atoms with Gasteiger partial charge in [-0.2, -0.15) is 10.5 Å². The summed E-state index contributed by atoms with van der Waals surface area (Å²) >= 11 is 3.37. The molecule has 1 heterocycles. The Balaban J connectivity index is 2.37. The van der Waals surface area contributed by atoms with Crippen molar-refractivity contribution in [1.82, 2.24) is 9.55 Å². The van der Waals surface area contributed by atoms with Crippen LogP contribution in [0.3, 0.4) is 0 Å². The van der Waals surface area contributed by atoms with Gasteiger partial charge in [-0.1, -0.05) is 28.1 Å². The maximum absolute atomic E-state index is 9.36. The number of nitriles is 2. The van der Waals surface area contributed by atoms with Gasteiger partial charge in [-0.05, 0) is 30.3 Å². The molecule has 0 aliphatic rings. The van der Waals surface area contributed by atoms with E-state index in [9.17, 15) is 5.26 Å². The summed E-state index contributed by atoms with van der Waals surface area (Å²) in [5, 5.41) is 18.4. The summed E-state index contributed by atoms with van der Waals surface area (Å²) in [6.07, 6.45) is 0.190. The van der Waals surface area contributed by atoms with Gasteiger partial charge in [-0.25, -0.2) is 4.98 Å². The van der Waals surface area contributed by atoms with Crippen LogP contribution in [0.2, 0.25) is 0 Å². The average Bonchev–Trinajstić information content (AvgIpc) is 2.85. The van der Waals surface area contributed by atoms with Crippen LogP contribution < -0.4 is 0 Å². The first-order valence-corrected chi connectivity index (χ1v) is 7.07. The summed E-state index contributed by atoms with van der Waals surface area (Å²) in [6, 6.07) is 17.5. The molecule has 0 aliphatic carbocycles. The third-order valence-corrected chi connectivity index (χ3v) is 3.68. The molecule has 0 saturated heterocycles. The molecule has 0 amide bonds. The molecule has 4 nitrogen and oxygen atoms in total. The van der Waals surface area contributed by atoms with Crippen LogP contribution in [0.4, 0.5) is 0 Å². The van der Waals surface area contributed by atoms with Crippen molar-refractivity contribution in [3.8, 4) is 17.8 Å². The van der Waals surface area contributed by atoms with Gasteiger partial charge in [-0.3, -0.25) is 4.57 Å². The van der Waals surface area contributed by atoms with E-state index in [4.69, 9.17) is 5.26 Å². The normalized spacial score (nSPS) is 10.2. The predicted molar refractivity (Wildman–Crippen MR) is 82.8 cm³/mol. The van der Waals surface area contributed by atoms with Crippen molar-refractivity contribution in [2.24, 2.45) is 0 Å². The first-order chi connectivity index (χ1) is 10.2. The van der Waals surface area contributed by atoms with Gasteiger partial charge in [0.1, 0.15) is 11.9 Å². The summed E-state index contributed by atoms with van der Waals surface area (Å²) in [7, 11) is 0. The Morgan fingerprint density at radius 3 is 2.71 bits per heavy atom. The molecule has 0 unspecified atom stereocenters. The Hall–Kier alpha value is -2.63. The molecule has 0 fully saturated rings. The molecular formula is C16H9BrN4. The molecule has 2 aromatic carbocycles. The Morgan fingerprint density at radius 1 is 1.14 bits per heavy atom. The standard InChI is InChI=1S/C16H9BrN4/c17-12-5-6-14(11(9-12)10-19)21-15-4-2-1-3-13(15)20-16(21)7-8-18/h1-6,9H,7H2. The lowest BCUT2D eigenvalue weighted by Crippen LogP contribution is -2.03. The fourth-order valence-corrected chi connectivity index (χ4v) is 2.69. The van der Waals surface area contributed by atoms with E-state index in [2.05, 4.69) is 33.1 Å². The van der Waals surface area contributed by atoms with Gasteiger partial charge >= 0.3 is 0 Å². The van der Waals surface area contributed by atoms with Crippen LogP contribution in [-0.4, -0.2) is 9.55 Å². The van der Waals surface area contributed by atoms with Crippen molar-refractivity contribution in [1.29, 1.82) is 10.5 Å². The number of benzene rings is 2. The van der Waals surface area contributed by atoms with E-state index in [1.165, 1.54) is 0 Å².